The van der Waals surface area contributed by atoms with Crippen LogP contribution in [0.5, 0.6) is 0 Å². The van der Waals surface area contributed by atoms with Crippen LogP contribution in [-0.4, -0.2) is 36.6 Å². The van der Waals surface area contributed by atoms with Gasteiger partial charge in [-0.3, -0.25) is 4.90 Å². The van der Waals surface area contributed by atoms with Crippen LogP contribution in [0.3, 0.4) is 0 Å². The predicted molar refractivity (Wildman–Crippen MR) is 78.7 cm³/mol. The molecule has 0 aromatic carbocycles. The molecule has 106 valence electrons. The van der Waals surface area contributed by atoms with E-state index >= 15 is 0 Å². The van der Waals surface area contributed by atoms with Crippen LogP contribution >= 0.6 is 0 Å². The van der Waals surface area contributed by atoms with Crippen LogP contribution in [0.2, 0.25) is 0 Å². The summed E-state index contributed by atoms with van der Waals surface area (Å²) >= 11 is 0. The maximum absolute atomic E-state index is 3.78. The van der Waals surface area contributed by atoms with Crippen LogP contribution in [-0.2, 0) is 0 Å². The van der Waals surface area contributed by atoms with Crippen molar-refractivity contribution in [2.45, 2.75) is 53.0 Å². The first kappa shape index (κ1) is 14.3. The minimum atomic E-state index is 0.400. The number of nitrogens with one attached hydrogen (secondary N) is 1. The lowest BCUT2D eigenvalue weighted by atomic mass is 9.84. The van der Waals surface area contributed by atoms with Crippen LogP contribution in [0.4, 0.5) is 0 Å². The van der Waals surface area contributed by atoms with Gasteiger partial charge in [0.25, 0.3) is 0 Å². The van der Waals surface area contributed by atoms with Gasteiger partial charge in [0.1, 0.15) is 0 Å². The first-order valence-corrected chi connectivity index (χ1v) is 7.90. The molecule has 1 atom stereocenters. The maximum atomic E-state index is 3.78. The van der Waals surface area contributed by atoms with Gasteiger partial charge in [0.15, 0.2) is 0 Å². The summed E-state index contributed by atoms with van der Waals surface area (Å²) in [5.74, 6) is 3.38. The van der Waals surface area contributed by atoms with E-state index in [1.165, 1.54) is 39.0 Å². The molecule has 0 amide bonds. The second-order valence-corrected chi connectivity index (χ2v) is 7.51. The van der Waals surface area contributed by atoms with E-state index in [9.17, 15) is 0 Å². The average molecular weight is 252 g/mol. The molecule has 2 heteroatoms. The van der Waals surface area contributed by atoms with Gasteiger partial charge in [-0.05, 0) is 43.4 Å². The van der Waals surface area contributed by atoms with Crippen LogP contribution in [0.1, 0.15) is 47.5 Å². The van der Waals surface area contributed by atoms with Crippen molar-refractivity contribution in [3.63, 3.8) is 0 Å². The van der Waals surface area contributed by atoms with Gasteiger partial charge in [-0.25, -0.2) is 0 Å². The van der Waals surface area contributed by atoms with Gasteiger partial charge in [-0.1, -0.05) is 27.7 Å². The van der Waals surface area contributed by atoms with Gasteiger partial charge in [0.05, 0.1) is 0 Å². The fraction of sp³-hybridized carbons (Fsp3) is 1.00. The minimum absolute atomic E-state index is 0.400. The molecule has 2 nitrogen and oxygen atoms in total. The zero-order chi connectivity index (χ0) is 13.3. The standard InChI is InChI=1S/C16H32N2/c1-12(2)15(13(3)4)10-18-9-8-17-16(5,11-18)14-6-7-14/h12-15,17H,6-11H2,1-5H3. The van der Waals surface area contributed by atoms with Crippen molar-refractivity contribution in [3.8, 4) is 0 Å². The third kappa shape index (κ3) is 3.27. The lowest BCUT2D eigenvalue weighted by molar-refractivity contribution is 0.0891. The van der Waals surface area contributed by atoms with Crippen molar-refractivity contribution in [1.29, 1.82) is 0 Å². The first-order valence-electron chi connectivity index (χ1n) is 7.90. The highest BCUT2D eigenvalue weighted by Crippen LogP contribution is 2.41. The zero-order valence-corrected chi connectivity index (χ0v) is 13.0. The monoisotopic (exact) mass is 252 g/mol. The van der Waals surface area contributed by atoms with Crippen molar-refractivity contribution >= 4 is 0 Å². The Morgan fingerprint density at radius 1 is 1.17 bits per heavy atom. The highest BCUT2D eigenvalue weighted by molar-refractivity contribution is 5.02. The molecular weight excluding hydrogens is 220 g/mol. The van der Waals surface area contributed by atoms with Crippen LogP contribution in [0.25, 0.3) is 0 Å². The van der Waals surface area contributed by atoms with E-state index in [2.05, 4.69) is 44.8 Å². The lowest BCUT2D eigenvalue weighted by Crippen LogP contribution is -2.60. The molecule has 0 radical (unpaired) electrons. The van der Waals surface area contributed by atoms with Crippen molar-refractivity contribution in [3.05, 3.63) is 0 Å². The number of hydrogen-bond acceptors (Lipinski definition) is 2. The van der Waals surface area contributed by atoms with E-state index < -0.39 is 0 Å². The summed E-state index contributed by atoms with van der Waals surface area (Å²) in [7, 11) is 0. The second-order valence-electron chi connectivity index (χ2n) is 7.51. The summed E-state index contributed by atoms with van der Waals surface area (Å²) in [6.07, 6.45) is 2.88. The summed E-state index contributed by atoms with van der Waals surface area (Å²) < 4.78 is 0. The summed E-state index contributed by atoms with van der Waals surface area (Å²) in [4.78, 5) is 2.72. The second kappa shape index (κ2) is 5.50. The Morgan fingerprint density at radius 3 is 2.28 bits per heavy atom. The quantitative estimate of drug-likeness (QED) is 0.809. The SMILES string of the molecule is CC(C)C(CN1CCNC(C)(C2CC2)C1)C(C)C. The van der Waals surface area contributed by atoms with Gasteiger partial charge in [0, 0.05) is 31.7 Å². The summed E-state index contributed by atoms with van der Waals surface area (Å²) in [5, 5.41) is 3.78. The molecule has 1 saturated carbocycles. The number of nitrogens with zero attached hydrogens (tertiary/aromatic N) is 1. The van der Waals surface area contributed by atoms with E-state index in [0.717, 1.165) is 23.7 Å². The zero-order valence-electron chi connectivity index (χ0n) is 13.0. The fourth-order valence-electron chi connectivity index (χ4n) is 3.74. The van der Waals surface area contributed by atoms with Crippen molar-refractivity contribution in [1.82, 2.24) is 10.2 Å². The Labute approximate surface area is 114 Å². The topological polar surface area (TPSA) is 15.3 Å². The summed E-state index contributed by atoms with van der Waals surface area (Å²) in [5.41, 5.74) is 0.400. The van der Waals surface area contributed by atoms with E-state index in [0.29, 0.717) is 5.54 Å². The molecule has 1 aliphatic heterocycles. The summed E-state index contributed by atoms with van der Waals surface area (Å²) in [6.45, 7) is 16.9. The normalized spacial score (nSPS) is 30.7. The molecule has 0 aromatic heterocycles. The third-order valence-electron chi connectivity index (χ3n) is 5.17. The Kier molecular flexibility index (Phi) is 4.38. The Balaban J connectivity index is 1.92. The average Bonchev–Trinajstić information content (AvgIpc) is 3.09. The molecule has 2 rings (SSSR count). The molecule has 18 heavy (non-hydrogen) atoms. The molecule has 1 N–H and O–H groups in total. The highest BCUT2D eigenvalue weighted by atomic mass is 15.2. The molecule has 1 saturated heterocycles. The van der Waals surface area contributed by atoms with Crippen molar-refractivity contribution < 1.29 is 0 Å². The molecule has 2 fully saturated rings. The minimum Gasteiger partial charge on any atom is -0.309 e. The molecular formula is C16H32N2. The van der Waals surface area contributed by atoms with Gasteiger partial charge in [0.2, 0.25) is 0 Å². The Bertz CT molecular complexity index is 262. The largest absolute Gasteiger partial charge is 0.309 e. The van der Waals surface area contributed by atoms with Crippen LogP contribution in [0, 0.1) is 23.7 Å². The molecule has 2 aliphatic rings. The molecule has 1 aliphatic carbocycles. The Morgan fingerprint density at radius 2 is 1.78 bits per heavy atom. The number of hydrogen-bond donors (Lipinski definition) is 1. The lowest BCUT2D eigenvalue weighted by Gasteiger charge is -2.44. The first-order chi connectivity index (χ1) is 8.42. The molecule has 1 heterocycles. The smallest absolute Gasteiger partial charge is 0.0309 e. The molecule has 0 bridgehead atoms. The van der Waals surface area contributed by atoms with Gasteiger partial charge >= 0.3 is 0 Å². The van der Waals surface area contributed by atoms with Gasteiger partial charge in [-0.15, -0.1) is 0 Å². The van der Waals surface area contributed by atoms with Crippen molar-refractivity contribution in [2.75, 3.05) is 26.2 Å². The Hall–Kier alpha value is -0.0800. The number of rotatable bonds is 5. The molecule has 1 unspecified atom stereocenters. The van der Waals surface area contributed by atoms with E-state index in [-0.39, 0.29) is 0 Å². The van der Waals surface area contributed by atoms with Crippen LogP contribution < -0.4 is 5.32 Å². The molecule has 0 aromatic rings. The maximum Gasteiger partial charge on any atom is 0.0309 e. The van der Waals surface area contributed by atoms with Crippen molar-refractivity contribution in [2.24, 2.45) is 23.7 Å². The highest BCUT2D eigenvalue weighted by Gasteiger charge is 2.44. The van der Waals surface area contributed by atoms with E-state index in [1.54, 1.807) is 0 Å². The van der Waals surface area contributed by atoms with E-state index in [4.69, 9.17) is 0 Å². The number of piperazine rings is 1. The van der Waals surface area contributed by atoms with E-state index in [1.807, 2.05) is 0 Å². The summed E-state index contributed by atoms with van der Waals surface area (Å²) in [6, 6.07) is 0. The third-order valence-corrected chi connectivity index (χ3v) is 5.17. The van der Waals surface area contributed by atoms with Gasteiger partial charge in [-0.2, -0.15) is 0 Å². The van der Waals surface area contributed by atoms with Crippen LogP contribution in [0.15, 0.2) is 0 Å². The fourth-order valence-corrected chi connectivity index (χ4v) is 3.74. The van der Waals surface area contributed by atoms with Gasteiger partial charge < -0.3 is 5.32 Å². The molecule has 0 spiro atoms. The predicted octanol–water partition coefficient (Wildman–Crippen LogP) is 2.99.